The number of carbonyl (C=O) groups excluding carboxylic acids is 1. The fraction of sp³-hybridized carbons (Fsp3) is 0.542. The molecule has 0 bridgehead atoms. The van der Waals surface area contributed by atoms with Gasteiger partial charge in [-0.1, -0.05) is 42.3 Å². The quantitative estimate of drug-likeness (QED) is 0.595. The highest BCUT2D eigenvalue weighted by atomic mass is 35.5. The summed E-state index contributed by atoms with van der Waals surface area (Å²) in [6.07, 6.45) is 4.54. The number of rotatable bonds is 7. The lowest BCUT2D eigenvalue weighted by Crippen LogP contribution is -2.58. The SMILES string of the molecule is CC[C@H]1CN(c2ncc(C(N)=O)nc2Cl)CCN1C1CCN([C@@H](CO)c2ccc(Cl)cc2)CC1. The molecule has 3 N–H and O–H groups in total. The van der Waals surface area contributed by atoms with Gasteiger partial charge in [-0.25, -0.2) is 9.97 Å². The van der Waals surface area contributed by atoms with Gasteiger partial charge in [0.2, 0.25) is 0 Å². The second-order valence-electron chi connectivity index (χ2n) is 9.00. The predicted molar refractivity (Wildman–Crippen MR) is 134 cm³/mol. The van der Waals surface area contributed by atoms with E-state index in [1.807, 2.05) is 24.3 Å². The van der Waals surface area contributed by atoms with Crippen molar-refractivity contribution in [2.24, 2.45) is 5.73 Å². The average Bonchev–Trinajstić information content (AvgIpc) is 2.85. The fourth-order valence-corrected chi connectivity index (χ4v) is 5.63. The van der Waals surface area contributed by atoms with Gasteiger partial charge in [-0.15, -0.1) is 0 Å². The number of amides is 1. The third-order valence-electron chi connectivity index (χ3n) is 7.10. The smallest absolute Gasteiger partial charge is 0.268 e. The maximum absolute atomic E-state index is 11.4. The largest absolute Gasteiger partial charge is 0.394 e. The molecule has 1 amide bonds. The lowest BCUT2D eigenvalue weighted by Gasteiger charge is -2.48. The molecule has 1 aromatic carbocycles. The van der Waals surface area contributed by atoms with Crippen LogP contribution < -0.4 is 10.6 Å². The van der Waals surface area contributed by atoms with Crippen LogP contribution >= 0.6 is 23.2 Å². The Morgan fingerprint density at radius 1 is 1.18 bits per heavy atom. The Morgan fingerprint density at radius 2 is 1.88 bits per heavy atom. The summed E-state index contributed by atoms with van der Waals surface area (Å²) in [5.74, 6) is -0.0311. The summed E-state index contributed by atoms with van der Waals surface area (Å²) in [7, 11) is 0. The molecule has 4 rings (SSSR count). The lowest BCUT2D eigenvalue weighted by atomic mass is 9.96. The highest BCUT2D eigenvalue weighted by Gasteiger charge is 2.35. The molecule has 34 heavy (non-hydrogen) atoms. The number of piperazine rings is 1. The van der Waals surface area contributed by atoms with Crippen LogP contribution in [0.15, 0.2) is 30.5 Å². The number of nitrogens with zero attached hydrogens (tertiary/aromatic N) is 5. The van der Waals surface area contributed by atoms with Crippen molar-refractivity contribution in [2.75, 3.05) is 44.2 Å². The summed E-state index contributed by atoms with van der Waals surface area (Å²) in [5, 5.41) is 11.0. The molecule has 2 saturated heterocycles. The fourth-order valence-electron chi connectivity index (χ4n) is 5.24. The topological polar surface area (TPSA) is 98.8 Å². The highest BCUT2D eigenvalue weighted by molar-refractivity contribution is 6.32. The minimum absolute atomic E-state index is 0.00104. The van der Waals surface area contributed by atoms with Crippen molar-refractivity contribution in [3.05, 3.63) is 51.9 Å². The molecule has 0 unspecified atom stereocenters. The zero-order valence-corrected chi connectivity index (χ0v) is 20.9. The van der Waals surface area contributed by atoms with Crippen LogP contribution in [0, 0.1) is 0 Å². The maximum atomic E-state index is 11.4. The van der Waals surface area contributed by atoms with E-state index < -0.39 is 5.91 Å². The molecule has 184 valence electrons. The zero-order valence-electron chi connectivity index (χ0n) is 19.4. The van der Waals surface area contributed by atoms with Crippen molar-refractivity contribution in [1.82, 2.24) is 19.8 Å². The van der Waals surface area contributed by atoms with Crippen molar-refractivity contribution >= 4 is 34.9 Å². The first-order valence-corrected chi connectivity index (χ1v) is 12.6. The van der Waals surface area contributed by atoms with Crippen LogP contribution in [0.1, 0.15) is 48.3 Å². The molecular weight excluding hydrogens is 475 g/mol. The molecule has 1 aromatic heterocycles. The minimum Gasteiger partial charge on any atom is -0.394 e. The van der Waals surface area contributed by atoms with Gasteiger partial charge in [0.05, 0.1) is 18.8 Å². The molecule has 2 fully saturated rings. The van der Waals surface area contributed by atoms with E-state index in [0.29, 0.717) is 22.9 Å². The maximum Gasteiger partial charge on any atom is 0.268 e. The zero-order chi connectivity index (χ0) is 24.2. The van der Waals surface area contributed by atoms with E-state index in [2.05, 4.69) is 31.6 Å². The monoisotopic (exact) mass is 506 g/mol. The van der Waals surface area contributed by atoms with E-state index in [9.17, 15) is 9.90 Å². The number of aliphatic hydroxyl groups is 1. The summed E-state index contributed by atoms with van der Waals surface area (Å²) >= 11 is 12.4. The molecule has 2 aliphatic heterocycles. The molecule has 8 nitrogen and oxygen atoms in total. The third kappa shape index (κ3) is 5.47. The van der Waals surface area contributed by atoms with Crippen LogP contribution in [0.25, 0.3) is 0 Å². The van der Waals surface area contributed by atoms with Gasteiger partial charge in [-0.3, -0.25) is 14.6 Å². The Bertz CT molecular complexity index is 984. The van der Waals surface area contributed by atoms with Crippen molar-refractivity contribution in [1.29, 1.82) is 0 Å². The first-order valence-electron chi connectivity index (χ1n) is 11.8. The highest BCUT2D eigenvalue weighted by Crippen LogP contribution is 2.31. The van der Waals surface area contributed by atoms with Crippen LogP contribution in [-0.4, -0.2) is 82.2 Å². The molecule has 0 saturated carbocycles. The summed E-state index contributed by atoms with van der Waals surface area (Å²) in [5.41, 5.74) is 6.47. The lowest BCUT2D eigenvalue weighted by molar-refractivity contribution is 0.0356. The first kappa shape index (κ1) is 25.1. The standard InChI is InChI=1S/C24H32Cl2N6O2/c1-2-18-14-31(24-22(26)29-20(13-28-24)23(27)34)11-12-32(18)19-7-9-30(10-8-19)21(15-33)16-3-5-17(25)6-4-16/h3-6,13,18-19,21,33H,2,7-12,14-15H2,1H3,(H2,27,34)/t18-,21-/m0/s1. The normalized spacial score (nSPS) is 21.5. The molecule has 2 aliphatic rings. The number of halogens is 2. The number of likely N-dealkylation sites (tertiary alicyclic amines) is 1. The van der Waals surface area contributed by atoms with Crippen molar-refractivity contribution in [2.45, 2.75) is 44.3 Å². The summed E-state index contributed by atoms with van der Waals surface area (Å²) in [6.45, 7) is 6.72. The number of nitrogens with two attached hydrogens (primary N) is 1. The molecule has 0 radical (unpaired) electrons. The Hall–Kier alpha value is -1.97. The van der Waals surface area contributed by atoms with Gasteiger partial charge < -0.3 is 15.7 Å². The molecule has 3 heterocycles. The van der Waals surface area contributed by atoms with Gasteiger partial charge in [0.25, 0.3) is 5.91 Å². The second kappa shape index (κ2) is 11.2. The van der Waals surface area contributed by atoms with Gasteiger partial charge in [0.1, 0.15) is 5.69 Å². The van der Waals surface area contributed by atoms with Crippen LogP contribution in [0.3, 0.4) is 0 Å². The van der Waals surface area contributed by atoms with Crippen molar-refractivity contribution in [3.8, 4) is 0 Å². The number of primary amides is 1. The van der Waals surface area contributed by atoms with Crippen LogP contribution in [0.2, 0.25) is 10.2 Å². The average molecular weight is 507 g/mol. The van der Waals surface area contributed by atoms with Crippen molar-refractivity contribution in [3.63, 3.8) is 0 Å². The van der Waals surface area contributed by atoms with E-state index in [4.69, 9.17) is 28.9 Å². The third-order valence-corrected chi connectivity index (χ3v) is 7.61. The van der Waals surface area contributed by atoms with Crippen LogP contribution in [-0.2, 0) is 0 Å². The number of benzene rings is 1. The Kier molecular flexibility index (Phi) is 8.26. The van der Waals surface area contributed by atoms with Crippen LogP contribution in [0.4, 0.5) is 5.82 Å². The Morgan fingerprint density at radius 3 is 2.47 bits per heavy atom. The van der Waals surface area contributed by atoms with E-state index in [0.717, 1.165) is 57.5 Å². The van der Waals surface area contributed by atoms with Gasteiger partial charge in [0.15, 0.2) is 11.0 Å². The molecule has 0 aliphatic carbocycles. The molecule has 0 spiro atoms. The van der Waals surface area contributed by atoms with Gasteiger partial charge >= 0.3 is 0 Å². The van der Waals surface area contributed by atoms with Crippen molar-refractivity contribution < 1.29 is 9.90 Å². The van der Waals surface area contributed by atoms with E-state index >= 15 is 0 Å². The molecule has 2 atom stereocenters. The summed E-state index contributed by atoms with van der Waals surface area (Å²) in [6, 6.07) is 8.67. The van der Waals surface area contributed by atoms with Gasteiger partial charge in [-0.05, 0) is 37.0 Å². The number of hydrogen-bond acceptors (Lipinski definition) is 7. The molecule has 2 aromatic rings. The number of hydrogen-bond donors (Lipinski definition) is 2. The Balaban J connectivity index is 1.37. The molecule has 10 heteroatoms. The van der Waals surface area contributed by atoms with E-state index in [1.165, 1.54) is 6.20 Å². The summed E-state index contributed by atoms with van der Waals surface area (Å²) < 4.78 is 0. The summed E-state index contributed by atoms with van der Waals surface area (Å²) in [4.78, 5) is 27.0. The van der Waals surface area contributed by atoms with Gasteiger partial charge in [0, 0.05) is 49.8 Å². The second-order valence-corrected chi connectivity index (χ2v) is 9.79. The minimum atomic E-state index is -0.636. The van der Waals surface area contributed by atoms with E-state index in [1.54, 1.807) is 0 Å². The number of aromatic nitrogens is 2. The van der Waals surface area contributed by atoms with Gasteiger partial charge in [-0.2, -0.15) is 0 Å². The predicted octanol–water partition coefficient (Wildman–Crippen LogP) is 2.98. The number of anilines is 1. The Labute approximate surface area is 210 Å². The number of carbonyl (C=O) groups is 1. The van der Waals surface area contributed by atoms with Crippen LogP contribution in [0.5, 0.6) is 0 Å². The number of aliphatic hydroxyl groups excluding tert-OH is 1. The first-order chi connectivity index (χ1) is 16.4. The number of piperidine rings is 1. The molecular formula is C24H32Cl2N6O2. The van der Waals surface area contributed by atoms with E-state index in [-0.39, 0.29) is 23.5 Å².